The monoisotopic (exact) mass is 249 g/mol. The van der Waals surface area contributed by atoms with Gasteiger partial charge in [0.25, 0.3) is 0 Å². The number of hydrogen-bond acceptors (Lipinski definition) is 3. The van der Waals surface area contributed by atoms with E-state index in [0.29, 0.717) is 5.56 Å². The van der Waals surface area contributed by atoms with Crippen molar-refractivity contribution in [2.45, 2.75) is 12.3 Å². The van der Waals surface area contributed by atoms with Crippen molar-refractivity contribution >= 4 is 12.4 Å². The minimum Gasteiger partial charge on any atom is -0.395 e. The molecule has 3 nitrogen and oxygen atoms in total. The average molecular weight is 250 g/mol. The van der Waals surface area contributed by atoms with Gasteiger partial charge in [-0.3, -0.25) is 0 Å². The summed E-state index contributed by atoms with van der Waals surface area (Å²) in [5, 5.41) is 0. The topological polar surface area (TPSA) is 44.5 Å². The van der Waals surface area contributed by atoms with Crippen molar-refractivity contribution in [1.82, 2.24) is 0 Å². The molecule has 2 N–H and O–H groups in total. The SMILES string of the molecule is C=C[C@H](N)c1ccc2c(c1)OC(F)(F)O2.Cl. The smallest absolute Gasteiger partial charge is 0.395 e. The fourth-order valence-corrected chi connectivity index (χ4v) is 1.31. The minimum absolute atomic E-state index is 0. The van der Waals surface area contributed by atoms with Gasteiger partial charge in [-0.25, -0.2) is 0 Å². The molecule has 1 aliphatic heterocycles. The van der Waals surface area contributed by atoms with Crippen LogP contribution in [-0.2, 0) is 0 Å². The molecule has 0 saturated heterocycles. The number of ether oxygens (including phenoxy) is 2. The van der Waals surface area contributed by atoms with Crippen molar-refractivity contribution in [1.29, 1.82) is 0 Å². The van der Waals surface area contributed by atoms with Gasteiger partial charge in [-0.1, -0.05) is 12.1 Å². The first-order valence-corrected chi connectivity index (χ1v) is 4.30. The van der Waals surface area contributed by atoms with Gasteiger partial charge >= 0.3 is 6.29 Å². The van der Waals surface area contributed by atoms with Gasteiger partial charge in [-0.2, -0.15) is 0 Å². The summed E-state index contributed by atoms with van der Waals surface area (Å²) < 4.78 is 33.8. The number of benzene rings is 1. The van der Waals surface area contributed by atoms with E-state index in [4.69, 9.17) is 5.73 Å². The Labute approximate surface area is 97.2 Å². The summed E-state index contributed by atoms with van der Waals surface area (Å²) in [6.07, 6.45) is -2.07. The number of hydrogen-bond donors (Lipinski definition) is 1. The van der Waals surface area contributed by atoms with Crippen molar-refractivity contribution in [3.05, 3.63) is 36.4 Å². The van der Waals surface area contributed by atoms with Gasteiger partial charge in [0.1, 0.15) is 0 Å². The Balaban J connectivity index is 0.00000128. The molecule has 0 spiro atoms. The maximum absolute atomic E-state index is 12.7. The summed E-state index contributed by atoms with van der Waals surface area (Å²) in [6, 6.07) is 4.00. The van der Waals surface area contributed by atoms with E-state index >= 15 is 0 Å². The molecule has 6 heteroatoms. The Bertz CT molecular complexity index is 412. The maximum atomic E-state index is 12.7. The zero-order valence-corrected chi connectivity index (χ0v) is 8.97. The van der Waals surface area contributed by atoms with Gasteiger partial charge in [-0.05, 0) is 17.7 Å². The van der Waals surface area contributed by atoms with Crippen molar-refractivity contribution < 1.29 is 18.3 Å². The van der Waals surface area contributed by atoms with E-state index < -0.39 is 12.3 Å². The first-order valence-electron chi connectivity index (χ1n) is 4.30. The molecule has 1 aromatic rings. The summed E-state index contributed by atoms with van der Waals surface area (Å²) in [5.74, 6) is 0.00909. The fraction of sp³-hybridized carbons (Fsp3) is 0.200. The van der Waals surface area contributed by atoms with Crippen LogP contribution in [0.25, 0.3) is 0 Å². The molecule has 1 atom stereocenters. The van der Waals surface area contributed by atoms with E-state index in [-0.39, 0.29) is 23.9 Å². The lowest BCUT2D eigenvalue weighted by atomic mass is 10.1. The minimum atomic E-state index is -3.58. The Kier molecular flexibility index (Phi) is 3.40. The predicted octanol–water partition coefficient (Wildman–Crippen LogP) is 2.62. The van der Waals surface area contributed by atoms with E-state index in [1.54, 1.807) is 6.07 Å². The zero-order valence-electron chi connectivity index (χ0n) is 8.15. The summed E-state index contributed by atoms with van der Waals surface area (Å²) in [6.45, 7) is 3.51. The zero-order chi connectivity index (χ0) is 11.1. The quantitative estimate of drug-likeness (QED) is 0.820. The number of halogens is 3. The molecule has 0 aliphatic carbocycles. The summed E-state index contributed by atoms with van der Waals surface area (Å²) in [7, 11) is 0. The van der Waals surface area contributed by atoms with Crippen LogP contribution in [0.2, 0.25) is 0 Å². The molecular formula is C10H10ClF2NO2. The van der Waals surface area contributed by atoms with Crippen molar-refractivity contribution in [3.63, 3.8) is 0 Å². The molecule has 0 aromatic heterocycles. The number of alkyl halides is 2. The van der Waals surface area contributed by atoms with Crippen LogP contribution >= 0.6 is 12.4 Å². The number of rotatable bonds is 2. The van der Waals surface area contributed by atoms with Gasteiger partial charge in [0.15, 0.2) is 11.5 Å². The van der Waals surface area contributed by atoms with E-state index in [2.05, 4.69) is 16.1 Å². The molecule has 1 aliphatic rings. The standard InChI is InChI=1S/C10H9F2NO2.ClH/c1-2-7(13)6-3-4-8-9(5-6)15-10(11,12)14-8;/h2-5,7H,1,13H2;1H/t7-;/m0./s1. The highest BCUT2D eigenvalue weighted by Crippen LogP contribution is 2.41. The molecule has 88 valence electrons. The number of nitrogens with two attached hydrogens (primary N) is 1. The van der Waals surface area contributed by atoms with Crippen LogP contribution in [0.5, 0.6) is 11.5 Å². The van der Waals surface area contributed by atoms with Crippen LogP contribution in [0.15, 0.2) is 30.9 Å². The van der Waals surface area contributed by atoms with Gasteiger partial charge in [0.2, 0.25) is 0 Å². The fourth-order valence-electron chi connectivity index (χ4n) is 1.31. The molecule has 0 fully saturated rings. The first kappa shape index (κ1) is 12.7. The van der Waals surface area contributed by atoms with E-state index in [1.807, 2.05) is 0 Å². The highest BCUT2D eigenvalue weighted by atomic mass is 35.5. The van der Waals surface area contributed by atoms with Crippen LogP contribution in [0, 0.1) is 0 Å². The van der Waals surface area contributed by atoms with E-state index in [0.717, 1.165) is 0 Å². The third-order valence-electron chi connectivity index (χ3n) is 2.06. The second-order valence-electron chi connectivity index (χ2n) is 3.14. The van der Waals surface area contributed by atoms with Crippen molar-refractivity contribution in [2.75, 3.05) is 0 Å². The van der Waals surface area contributed by atoms with Crippen molar-refractivity contribution in [2.24, 2.45) is 5.73 Å². The van der Waals surface area contributed by atoms with Crippen LogP contribution in [0.4, 0.5) is 8.78 Å². The molecule has 0 saturated carbocycles. The molecule has 16 heavy (non-hydrogen) atoms. The van der Waals surface area contributed by atoms with E-state index in [9.17, 15) is 8.78 Å². The second-order valence-corrected chi connectivity index (χ2v) is 3.14. The molecule has 0 amide bonds. The summed E-state index contributed by atoms with van der Waals surface area (Å²) in [4.78, 5) is 0. The average Bonchev–Trinajstić information content (AvgIpc) is 2.49. The Morgan fingerprint density at radius 2 is 1.94 bits per heavy atom. The van der Waals surface area contributed by atoms with Crippen LogP contribution < -0.4 is 15.2 Å². The van der Waals surface area contributed by atoms with Gasteiger partial charge in [0, 0.05) is 6.04 Å². The number of fused-ring (bicyclic) bond motifs is 1. The second kappa shape index (κ2) is 4.27. The molecule has 1 heterocycles. The largest absolute Gasteiger partial charge is 0.586 e. The first-order chi connectivity index (χ1) is 7.02. The lowest BCUT2D eigenvalue weighted by Crippen LogP contribution is -2.25. The third kappa shape index (κ3) is 2.25. The highest BCUT2D eigenvalue weighted by Gasteiger charge is 2.43. The van der Waals surface area contributed by atoms with Gasteiger partial charge < -0.3 is 15.2 Å². The lowest BCUT2D eigenvalue weighted by Gasteiger charge is -2.06. The maximum Gasteiger partial charge on any atom is 0.586 e. The molecule has 1 aromatic carbocycles. The van der Waals surface area contributed by atoms with Gasteiger partial charge in [0.05, 0.1) is 0 Å². The molecule has 0 radical (unpaired) electrons. The predicted molar refractivity (Wildman–Crippen MR) is 57.0 cm³/mol. The van der Waals surface area contributed by atoms with Crippen LogP contribution in [0.1, 0.15) is 11.6 Å². The molecule has 0 unspecified atom stereocenters. The Morgan fingerprint density at radius 1 is 1.31 bits per heavy atom. The summed E-state index contributed by atoms with van der Waals surface area (Å²) in [5.41, 5.74) is 6.30. The molecular weight excluding hydrogens is 240 g/mol. The summed E-state index contributed by atoms with van der Waals surface area (Å²) >= 11 is 0. The van der Waals surface area contributed by atoms with E-state index in [1.165, 1.54) is 18.2 Å². The normalized spacial score (nSPS) is 17.4. The highest BCUT2D eigenvalue weighted by molar-refractivity contribution is 5.85. The van der Waals surface area contributed by atoms with Crippen molar-refractivity contribution in [3.8, 4) is 11.5 Å². The third-order valence-corrected chi connectivity index (χ3v) is 2.06. The molecule has 2 rings (SSSR count). The Morgan fingerprint density at radius 3 is 2.56 bits per heavy atom. The van der Waals surface area contributed by atoms with Crippen LogP contribution in [-0.4, -0.2) is 6.29 Å². The lowest BCUT2D eigenvalue weighted by molar-refractivity contribution is -0.286. The van der Waals surface area contributed by atoms with Crippen LogP contribution in [0.3, 0.4) is 0 Å². The van der Waals surface area contributed by atoms with Gasteiger partial charge in [-0.15, -0.1) is 27.8 Å². The Hall–Kier alpha value is -1.33. The molecule has 0 bridgehead atoms.